The fraction of sp³-hybridized carbons (Fsp3) is 0.500. The molecule has 4 nitrogen and oxygen atoms in total. The number of carbonyl (C=O) groups is 1. The summed E-state index contributed by atoms with van der Waals surface area (Å²) in [7, 11) is 1.56. The molecule has 1 amide bonds. The quantitative estimate of drug-likeness (QED) is 0.829. The Morgan fingerprint density at radius 3 is 2.88 bits per heavy atom. The molecule has 0 saturated carbocycles. The van der Waals surface area contributed by atoms with Gasteiger partial charge in [0, 0.05) is 28.4 Å². The van der Waals surface area contributed by atoms with Crippen molar-refractivity contribution in [2.24, 2.45) is 5.73 Å². The third-order valence-electron chi connectivity index (χ3n) is 2.09. The van der Waals surface area contributed by atoms with Crippen molar-refractivity contribution in [3.8, 4) is 0 Å². The van der Waals surface area contributed by atoms with Gasteiger partial charge < -0.3 is 15.8 Å². The lowest BCUT2D eigenvalue weighted by atomic mass is 10.2. The molecular formula is C10H16BrClN2O2S. The molecule has 0 spiro atoms. The summed E-state index contributed by atoms with van der Waals surface area (Å²) in [6, 6.07) is 1.99. The van der Waals surface area contributed by atoms with Crippen molar-refractivity contribution in [1.82, 2.24) is 5.32 Å². The van der Waals surface area contributed by atoms with Gasteiger partial charge in [-0.2, -0.15) is 0 Å². The lowest BCUT2D eigenvalue weighted by Crippen LogP contribution is -2.31. The van der Waals surface area contributed by atoms with Gasteiger partial charge in [0.05, 0.1) is 19.1 Å². The Bertz CT molecular complexity index is 345. The van der Waals surface area contributed by atoms with Crippen LogP contribution in [0.1, 0.15) is 11.3 Å². The number of hydrogen-bond donors (Lipinski definition) is 2. The van der Waals surface area contributed by atoms with Crippen LogP contribution in [0.3, 0.4) is 0 Å². The number of carbonyl (C=O) groups excluding carboxylic acids is 1. The summed E-state index contributed by atoms with van der Waals surface area (Å²) < 4.78 is 6.08. The van der Waals surface area contributed by atoms with Gasteiger partial charge in [0.15, 0.2) is 0 Å². The SMILES string of the molecule is COC(CN)CC(=O)NCc1cc(Br)cs1.Cl. The van der Waals surface area contributed by atoms with Crippen molar-refractivity contribution >= 4 is 45.6 Å². The summed E-state index contributed by atoms with van der Waals surface area (Å²) in [5.41, 5.74) is 5.43. The first kappa shape index (κ1) is 16.9. The zero-order valence-corrected chi connectivity index (χ0v) is 12.7. The maximum atomic E-state index is 11.5. The van der Waals surface area contributed by atoms with Crippen LogP contribution in [-0.2, 0) is 16.1 Å². The van der Waals surface area contributed by atoms with E-state index in [9.17, 15) is 4.79 Å². The number of amides is 1. The minimum Gasteiger partial charge on any atom is -0.380 e. The van der Waals surface area contributed by atoms with Crippen molar-refractivity contribution in [3.63, 3.8) is 0 Å². The second kappa shape index (κ2) is 8.88. The van der Waals surface area contributed by atoms with Gasteiger partial charge >= 0.3 is 0 Å². The largest absolute Gasteiger partial charge is 0.380 e. The predicted octanol–water partition coefficient (Wildman–Crippen LogP) is 1.91. The molecule has 1 unspecified atom stereocenters. The minimum absolute atomic E-state index is 0. The van der Waals surface area contributed by atoms with Crippen LogP contribution in [0.25, 0.3) is 0 Å². The van der Waals surface area contributed by atoms with Gasteiger partial charge in [-0.3, -0.25) is 4.79 Å². The summed E-state index contributed by atoms with van der Waals surface area (Å²) in [6.07, 6.45) is 0.106. The third-order valence-corrected chi connectivity index (χ3v) is 3.79. The van der Waals surface area contributed by atoms with E-state index in [1.54, 1.807) is 18.4 Å². The number of halogens is 2. The Labute approximate surface area is 119 Å². The Balaban J connectivity index is 0.00000256. The van der Waals surface area contributed by atoms with Gasteiger partial charge in [0.2, 0.25) is 5.91 Å². The topological polar surface area (TPSA) is 64.3 Å². The Kier molecular flexibility index (Phi) is 8.81. The molecule has 0 aliphatic heterocycles. The maximum absolute atomic E-state index is 11.5. The molecule has 98 valence electrons. The van der Waals surface area contributed by atoms with Crippen molar-refractivity contribution in [3.05, 3.63) is 20.8 Å². The highest BCUT2D eigenvalue weighted by molar-refractivity contribution is 9.10. The highest BCUT2D eigenvalue weighted by Crippen LogP contribution is 2.19. The van der Waals surface area contributed by atoms with Gasteiger partial charge in [-0.1, -0.05) is 0 Å². The molecule has 1 rings (SSSR count). The first-order valence-corrected chi connectivity index (χ1v) is 6.55. The number of hydrogen-bond acceptors (Lipinski definition) is 4. The lowest BCUT2D eigenvalue weighted by Gasteiger charge is -2.12. The molecule has 0 aliphatic carbocycles. The summed E-state index contributed by atoms with van der Waals surface area (Å²) >= 11 is 4.97. The molecule has 0 saturated heterocycles. The van der Waals surface area contributed by atoms with Crippen LogP contribution in [0.2, 0.25) is 0 Å². The molecule has 7 heteroatoms. The van der Waals surface area contributed by atoms with E-state index in [4.69, 9.17) is 10.5 Å². The normalized spacial score (nSPS) is 11.7. The van der Waals surface area contributed by atoms with E-state index in [2.05, 4.69) is 21.2 Å². The van der Waals surface area contributed by atoms with Gasteiger partial charge in [0.1, 0.15) is 0 Å². The van der Waals surface area contributed by atoms with Gasteiger partial charge in [0.25, 0.3) is 0 Å². The summed E-state index contributed by atoms with van der Waals surface area (Å²) in [6.45, 7) is 0.907. The second-order valence-corrected chi connectivity index (χ2v) is 5.22. The number of ether oxygens (including phenoxy) is 1. The monoisotopic (exact) mass is 342 g/mol. The summed E-state index contributed by atoms with van der Waals surface area (Å²) in [4.78, 5) is 12.6. The van der Waals surface area contributed by atoms with E-state index in [1.807, 2.05) is 11.4 Å². The van der Waals surface area contributed by atoms with Gasteiger partial charge in [-0.05, 0) is 22.0 Å². The van der Waals surface area contributed by atoms with E-state index in [-0.39, 0.29) is 24.4 Å². The van der Waals surface area contributed by atoms with Gasteiger partial charge in [-0.25, -0.2) is 0 Å². The average Bonchev–Trinajstić information content (AvgIpc) is 2.69. The molecule has 1 atom stereocenters. The van der Waals surface area contributed by atoms with E-state index in [0.29, 0.717) is 19.5 Å². The number of methoxy groups -OCH3 is 1. The molecule has 0 fully saturated rings. The Hall–Kier alpha value is -0.140. The zero-order chi connectivity index (χ0) is 12.0. The Morgan fingerprint density at radius 1 is 1.71 bits per heavy atom. The third kappa shape index (κ3) is 6.38. The number of nitrogens with two attached hydrogens (primary N) is 1. The fourth-order valence-electron chi connectivity index (χ4n) is 1.17. The zero-order valence-electron chi connectivity index (χ0n) is 9.44. The van der Waals surface area contributed by atoms with Crippen LogP contribution in [0.15, 0.2) is 15.9 Å². The van der Waals surface area contributed by atoms with E-state index < -0.39 is 0 Å². The van der Waals surface area contributed by atoms with Crippen molar-refractivity contribution in [1.29, 1.82) is 0 Å². The van der Waals surface area contributed by atoms with Crippen LogP contribution in [0.4, 0.5) is 0 Å². The standard InChI is InChI=1S/C10H15BrN2O2S.ClH/c1-15-8(4-12)3-10(14)13-5-9-2-7(11)6-16-9;/h2,6,8H,3-5,12H2,1H3,(H,13,14);1H. The molecule has 1 heterocycles. The smallest absolute Gasteiger partial charge is 0.222 e. The lowest BCUT2D eigenvalue weighted by molar-refractivity contribution is -0.123. The molecule has 0 aliphatic rings. The van der Waals surface area contributed by atoms with Crippen LogP contribution >= 0.6 is 39.7 Å². The number of thiophene rings is 1. The van der Waals surface area contributed by atoms with E-state index >= 15 is 0 Å². The molecule has 1 aromatic heterocycles. The number of nitrogens with one attached hydrogen (secondary N) is 1. The minimum atomic E-state index is -0.199. The number of rotatable bonds is 6. The summed E-state index contributed by atoms with van der Waals surface area (Å²) in [5.74, 6) is -0.0400. The summed E-state index contributed by atoms with van der Waals surface area (Å²) in [5, 5.41) is 4.81. The molecule has 0 bridgehead atoms. The molecular weight excluding hydrogens is 328 g/mol. The average molecular weight is 344 g/mol. The molecule has 0 radical (unpaired) electrons. The second-order valence-electron chi connectivity index (χ2n) is 3.31. The van der Waals surface area contributed by atoms with Crippen LogP contribution in [0.5, 0.6) is 0 Å². The van der Waals surface area contributed by atoms with E-state index in [0.717, 1.165) is 9.35 Å². The van der Waals surface area contributed by atoms with E-state index in [1.165, 1.54) is 0 Å². The highest BCUT2D eigenvalue weighted by Gasteiger charge is 2.11. The van der Waals surface area contributed by atoms with Crippen molar-refractivity contribution in [2.75, 3.05) is 13.7 Å². The maximum Gasteiger partial charge on any atom is 0.222 e. The molecule has 1 aromatic rings. The molecule has 17 heavy (non-hydrogen) atoms. The van der Waals surface area contributed by atoms with Crippen LogP contribution in [0, 0.1) is 0 Å². The van der Waals surface area contributed by atoms with Crippen LogP contribution < -0.4 is 11.1 Å². The highest BCUT2D eigenvalue weighted by atomic mass is 79.9. The van der Waals surface area contributed by atoms with Crippen LogP contribution in [-0.4, -0.2) is 25.7 Å². The fourth-order valence-corrected chi connectivity index (χ4v) is 2.56. The molecule has 3 N–H and O–H groups in total. The van der Waals surface area contributed by atoms with Crippen molar-refractivity contribution in [2.45, 2.75) is 19.1 Å². The van der Waals surface area contributed by atoms with Crippen molar-refractivity contribution < 1.29 is 9.53 Å². The molecule has 0 aromatic carbocycles. The first-order chi connectivity index (χ1) is 7.65. The predicted molar refractivity (Wildman–Crippen MR) is 75.6 cm³/mol. The Morgan fingerprint density at radius 2 is 2.41 bits per heavy atom. The first-order valence-electron chi connectivity index (χ1n) is 4.88. The van der Waals surface area contributed by atoms with Gasteiger partial charge in [-0.15, -0.1) is 23.7 Å².